The van der Waals surface area contributed by atoms with Crippen LogP contribution in [0.1, 0.15) is 21.5 Å². The second-order valence-corrected chi connectivity index (χ2v) is 7.08. The van der Waals surface area contributed by atoms with Crippen LogP contribution in [0.4, 0.5) is 5.82 Å². The fourth-order valence-electron chi connectivity index (χ4n) is 2.68. The number of anilines is 1. The number of nitrogen functional groups attached to an aromatic ring is 1. The minimum Gasteiger partial charge on any atom is -0.383 e. The van der Waals surface area contributed by atoms with E-state index in [1.54, 1.807) is 48.5 Å². The number of pyridine rings is 1. The average Bonchev–Trinajstić information content (AvgIpc) is 2.72. The molecule has 2 aromatic carbocycles. The molecule has 0 radical (unpaired) electrons. The zero-order valence-electron chi connectivity index (χ0n) is 14.5. The molecule has 3 aromatic rings. The Hall–Kier alpha value is -3.32. The Balaban J connectivity index is 2.06. The van der Waals surface area contributed by atoms with Gasteiger partial charge in [-0.1, -0.05) is 71.9 Å². The van der Waals surface area contributed by atoms with Gasteiger partial charge in [-0.05, 0) is 6.07 Å². The number of nitrogens with zero attached hydrogens (tertiary/aromatic N) is 3. The Morgan fingerprint density at radius 3 is 2.32 bits per heavy atom. The third-order valence-corrected chi connectivity index (χ3v) is 5.30. The summed E-state index contributed by atoms with van der Waals surface area (Å²) in [4.78, 5) is 16.6. The van der Waals surface area contributed by atoms with Gasteiger partial charge in [0, 0.05) is 21.7 Å². The van der Waals surface area contributed by atoms with Crippen molar-refractivity contribution in [1.82, 2.24) is 4.98 Å². The standard InChI is InChI=1S/C21H13ClN4OS/c22-17-9-5-4-8-14(17)19-15(10-23)20(25)26-21(16(19)11-24)28-12-18(27)13-6-2-1-3-7-13/h1-9H,12H2,(H2,25,26). The molecule has 0 spiro atoms. The summed E-state index contributed by atoms with van der Waals surface area (Å²) in [5.41, 5.74) is 7.65. The van der Waals surface area contributed by atoms with E-state index in [1.807, 2.05) is 12.1 Å². The van der Waals surface area contributed by atoms with Crippen LogP contribution in [-0.2, 0) is 0 Å². The molecular weight excluding hydrogens is 392 g/mol. The lowest BCUT2D eigenvalue weighted by Gasteiger charge is -2.13. The first-order valence-corrected chi connectivity index (χ1v) is 9.52. The lowest BCUT2D eigenvalue weighted by atomic mass is 9.97. The zero-order valence-corrected chi connectivity index (χ0v) is 16.1. The number of aromatic nitrogens is 1. The molecule has 1 aromatic heterocycles. The van der Waals surface area contributed by atoms with E-state index >= 15 is 0 Å². The maximum Gasteiger partial charge on any atom is 0.173 e. The van der Waals surface area contributed by atoms with Gasteiger partial charge in [0.25, 0.3) is 0 Å². The molecule has 0 aliphatic heterocycles. The molecule has 1 heterocycles. The van der Waals surface area contributed by atoms with Crippen molar-refractivity contribution < 1.29 is 4.79 Å². The molecule has 136 valence electrons. The van der Waals surface area contributed by atoms with E-state index in [4.69, 9.17) is 17.3 Å². The molecule has 0 saturated heterocycles. The van der Waals surface area contributed by atoms with Gasteiger partial charge >= 0.3 is 0 Å². The highest BCUT2D eigenvalue weighted by Crippen LogP contribution is 2.38. The molecule has 0 atom stereocenters. The van der Waals surface area contributed by atoms with Gasteiger partial charge in [-0.25, -0.2) is 4.98 Å². The molecule has 7 heteroatoms. The molecule has 0 amide bonds. The maximum absolute atomic E-state index is 12.4. The van der Waals surface area contributed by atoms with Gasteiger partial charge in [-0.2, -0.15) is 10.5 Å². The highest BCUT2D eigenvalue weighted by atomic mass is 35.5. The minimum absolute atomic E-state index is 0.00826. The lowest BCUT2D eigenvalue weighted by molar-refractivity contribution is 0.102. The number of halogens is 1. The Morgan fingerprint density at radius 1 is 1.04 bits per heavy atom. The number of thioether (sulfide) groups is 1. The number of nitrogens with two attached hydrogens (primary N) is 1. The van der Waals surface area contributed by atoms with Crippen molar-refractivity contribution in [3.63, 3.8) is 0 Å². The normalized spacial score (nSPS) is 10.1. The van der Waals surface area contributed by atoms with Crippen LogP contribution in [0.3, 0.4) is 0 Å². The van der Waals surface area contributed by atoms with E-state index < -0.39 is 0 Å². The van der Waals surface area contributed by atoms with Crippen molar-refractivity contribution in [3.8, 4) is 23.3 Å². The molecule has 5 nitrogen and oxygen atoms in total. The number of benzene rings is 2. The highest BCUT2D eigenvalue weighted by molar-refractivity contribution is 8.00. The number of nitriles is 2. The van der Waals surface area contributed by atoms with Crippen molar-refractivity contribution in [2.45, 2.75) is 5.03 Å². The smallest absolute Gasteiger partial charge is 0.173 e. The summed E-state index contributed by atoms with van der Waals surface area (Å²) in [5, 5.41) is 20.0. The van der Waals surface area contributed by atoms with Crippen LogP contribution in [0, 0.1) is 22.7 Å². The van der Waals surface area contributed by atoms with Crippen LogP contribution in [-0.4, -0.2) is 16.5 Å². The predicted octanol–water partition coefficient (Wildman–Crippen LogP) is 4.70. The minimum atomic E-state index is -0.0986. The van der Waals surface area contributed by atoms with Crippen molar-refractivity contribution in [1.29, 1.82) is 10.5 Å². The van der Waals surface area contributed by atoms with Gasteiger partial charge in [0.05, 0.1) is 11.3 Å². The topological polar surface area (TPSA) is 104 Å². The zero-order chi connectivity index (χ0) is 20.1. The fraction of sp³-hybridized carbons (Fsp3) is 0.0476. The first-order chi connectivity index (χ1) is 13.6. The van der Waals surface area contributed by atoms with Crippen molar-refractivity contribution >= 4 is 35.0 Å². The van der Waals surface area contributed by atoms with Gasteiger partial charge < -0.3 is 5.73 Å². The van der Waals surface area contributed by atoms with E-state index in [0.29, 0.717) is 26.7 Å². The van der Waals surface area contributed by atoms with E-state index in [0.717, 1.165) is 11.8 Å². The summed E-state index contributed by atoms with van der Waals surface area (Å²) < 4.78 is 0. The number of carbonyl (C=O) groups is 1. The van der Waals surface area contributed by atoms with Crippen LogP contribution >= 0.6 is 23.4 Å². The number of hydrogen-bond donors (Lipinski definition) is 1. The molecule has 3 rings (SSSR count). The predicted molar refractivity (Wildman–Crippen MR) is 110 cm³/mol. The molecular formula is C21H13ClN4OS. The number of ketones is 1. The van der Waals surface area contributed by atoms with Crippen LogP contribution in [0.2, 0.25) is 5.02 Å². The summed E-state index contributed by atoms with van der Waals surface area (Å²) in [6.45, 7) is 0. The molecule has 0 aliphatic rings. The summed E-state index contributed by atoms with van der Waals surface area (Å²) >= 11 is 7.39. The van der Waals surface area contributed by atoms with Crippen LogP contribution < -0.4 is 5.73 Å². The monoisotopic (exact) mass is 404 g/mol. The number of carbonyl (C=O) groups excluding carboxylic acids is 1. The fourth-order valence-corrected chi connectivity index (χ4v) is 3.80. The number of Topliss-reactive ketones (excluding diaryl/α,β-unsaturated/α-hetero) is 1. The van der Waals surface area contributed by atoms with E-state index in [9.17, 15) is 15.3 Å². The maximum atomic E-state index is 12.4. The van der Waals surface area contributed by atoms with E-state index in [-0.39, 0.29) is 28.5 Å². The largest absolute Gasteiger partial charge is 0.383 e. The Kier molecular flexibility index (Phi) is 5.96. The first kappa shape index (κ1) is 19.4. The summed E-state index contributed by atoms with van der Waals surface area (Å²) in [6, 6.07) is 19.8. The molecule has 0 fully saturated rings. The quantitative estimate of drug-likeness (QED) is 0.488. The van der Waals surface area contributed by atoms with Crippen molar-refractivity contribution in [2.75, 3.05) is 11.5 Å². The SMILES string of the molecule is N#Cc1c(N)nc(SCC(=O)c2ccccc2)c(C#N)c1-c1ccccc1Cl. The summed E-state index contributed by atoms with van der Waals surface area (Å²) in [6.07, 6.45) is 0. The average molecular weight is 405 g/mol. The molecule has 0 saturated carbocycles. The van der Waals surface area contributed by atoms with Crippen molar-refractivity contribution in [3.05, 3.63) is 76.3 Å². The molecule has 28 heavy (non-hydrogen) atoms. The second-order valence-electron chi connectivity index (χ2n) is 5.71. The van der Waals surface area contributed by atoms with Gasteiger partial charge in [0.15, 0.2) is 5.78 Å². The number of hydrogen-bond acceptors (Lipinski definition) is 6. The lowest BCUT2D eigenvalue weighted by Crippen LogP contribution is -2.06. The molecule has 0 aliphatic carbocycles. The molecule has 0 unspecified atom stereocenters. The van der Waals surface area contributed by atoms with E-state index in [2.05, 4.69) is 11.1 Å². The second kappa shape index (κ2) is 8.58. The van der Waals surface area contributed by atoms with E-state index in [1.165, 1.54) is 0 Å². The molecule has 2 N–H and O–H groups in total. The van der Waals surface area contributed by atoms with Crippen LogP contribution in [0.25, 0.3) is 11.1 Å². The first-order valence-electron chi connectivity index (χ1n) is 8.16. The van der Waals surface area contributed by atoms with Gasteiger partial charge in [0.1, 0.15) is 28.5 Å². The van der Waals surface area contributed by atoms with Gasteiger partial charge in [-0.3, -0.25) is 4.79 Å². The molecule has 0 bridgehead atoms. The Labute approximate surface area is 171 Å². The number of rotatable bonds is 5. The Bertz CT molecular complexity index is 1130. The van der Waals surface area contributed by atoms with Gasteiger partial charge in [-0.15, -0.1) is 0 Å². The van der Waals surface area contributed by atoms with Gasteiger partial charge in [0.2, 0.25) is 0 Å². The summed E-state index contributed by atoms with van der Waals surface area (Å²) in [5.74, 6) is -0.0245. The van der Waals surface area contributed by atoms with Crippen LogP contribution in [0.5, 0.6) is 0 Å². The third-order valence-electron chi connectivity index (χ3n) is 3.99. The highest BCUT2D eigenvalue weighted by Gasteiger charge is 2.22. The third kappa shape index (κ3) is 3.84. The summed E-state index contributed by atoms with van der Waals surface area (Å²) in [7, 11) is 0. The van der Waals surface area contributed by atoms with Crippen LogP contribution in [0.15, 0.2) is 59.6 Å². The van der Waals surface area contributed by atoms with Crippen molar-refractivity contribution in [2.24, 2.45) is 0 Å². The Morgan fingerprint density at radius 2 is 1.68 bits per heavy atom.